The predicted molar refractivity (Wildman–Crippen MR) is 96.8 cm³/mol. The zero-order chi connectivity index (χ0) is 16.3. The standard InChI is InChI=1S/C16H22N4O2.ClH/c1-11-12(2)18-15-10-13(20(21)22)6-7-14(15)16(11)17-8-5-9-19(3)4;/h6-7,10H,5,8-9H2,1-4H3,(H,17,18);1H. The van der Waals surface area contributed by atoms with Gasteiger partial charge >= 0.3 is 0 Å². The molecule has 2 rings (SSSR count). The normalized spacial score (nSPS) is 10.7. The molecular weight excluding hydrogens is 316 g/mol. The van der Waals surface area contributed by atoms with Crippen molar-refractivity contribution in [3.8, 4) is 0 Å². The molecule has 6 nitrogen and oxygen atoms in total. The number of fused-ring (bicyclic) bond motifs is 1. The van der Waals surface area contributed by atoms with E-state index in [0.717, 1.165) is 41.8 Å². The minimum Gasteiger partial charge on any atom is -0.384 e. The molecule has 0 amide bonds. The van der Waals surface area contributed by atoms with Crippen molar-refractivity contribution in [1.29, 1.82) is 0 Å². The van der Waals surface area contributed by atoms with Crippen molar-refractivity contribution >= 4 is 34.7 Å². The van der Waals surface area contributed by atoms with Crippen LogP contribution in [0.4, 0.5) is 11.4 Å². The number of rotatable bonds is 6. The second-order valence-corrected chi connectivity index (χ2v) is 5.74. The van der Waals surface area contributed by atoms with Gasteiger partial charge in [-0.1, -0.05) is 0 Å². The van der Waals surface area contributed by atoms with Crippen LogP contribution in [0.1, 0.15) is 17.7 Å². The summed E-state index contributed by atoms with van der Waals surface area (Å²) >= 11 is 0. The third-order valence-electron chi connectivity index (χ3n) is 3.75. The summed E-state index contributed by atoms with van der Waals surface area (Å²) in [4.78, 5) is 17.2. The lowest BCUT2D eigenvalue weighted by atomic mass is 10.1. The van der Waals surface area contributed by atoms with Crippen molar-refractivity contribution in [3.63, 3.8) is 0 Å². The van der Waals surface area contributed by atoms with Gasteiger partial charge in [0, 0.05) is 35.4 Å². The highest BCUT2D eigenvalue weighted by Crippen LogP contribution is 2.30. The van der Waals surface area contributed by atoms with E-state index in [1.165, 1.54) is 12.1 Å². The second-order valence-electron chi connectivity index (χ2n) is 5.74. The number of anilines is 1. The van der Waals surface area contributed by atoms with E-state index in [1.807, 2.05) is 13.8 Å². The minimum absolute atomic E-state index is 0. The van der Waals surface area contributed by atoms with Crippen molar-refractivity contribution in [1.82, 2.24) is 9.88 Å². The predicted octanol–water partition coefficient (Wildman–Crippen LogP) is 3.55. The molecule has 7 heteroatoms. The van der Waals surface area contributed by atoms with Crippen LogP contribution in [0.5, 0.6) is 0 Å². The van der Waals surface area contributed by atoms with Crippen molar-refractivity contribution in [2.75, 3.05) is 32.5 Å². The summed E-state index contributed by atoms with van der Waals surface area (Å²) in [5, 5.41) is 15.3. The lowest BCUT2D eigenvalue weighted by Gasteiger charge is -2.15. The average molecular weight is 339 g/mol. The van der Waals surface area contributed by atoms with Gasteiger partial charge in [-0.2, -0.15) is 0 Å². The Labute approximate surface area is 142 Å². The number of aryl methyl sites for hydroxylation is 1. The highest BCUT2D eigenvalue weighted by atomic mass is 35.5. The van der Waals surface area contributed by atoms with E-state index in [2.05, 4.69) is 29.3 Å². The van der Waals surface area contributed by atoms with Gasteiger partial charge in [-0.3, -0.25) is 15.1 Å². The van der Waals surface area contributed by atoms with E-state index in [4.69, 9.17) is 0 Å². The fourth-order valence-corrected chi connectivity index (χ4v) is 2.42. The molecule has 0 spiro atoms. The number of hydrogen-bond acceptors (Lipinski definition) is 5. The maximum Gasteiger partial charge on any atom is 0.271 e. The number of halogens is 1. The SMILES string of the molecule is Cc1nc2cc([N+](=O)[O-])ccc2c(NCCCN(C)C)c1C.Cl. The van der Waals surface area contributed by atoms with Gasteiger partial charge in [-0.25, -0.2) is 0 Å². The van der Waals surface area contributed by atoms with Crippen molar-refractivity contribution < 1.29 is 4.92 Å². The van der Waals surface area contributed by atoms with E-state index < -0.39 is 0 Å². The molecule has 2 aromatic rings. The van der Waals surface area contributed by atoms with Gasteiger partial charge in [0.25, 0.3) is 5.69 Å². The van der Waals surface area contributed by atoms with Gasteiger partial charge in [0.1, 0.15) is 0 Å². The van der Waals surface area contributed by atoms with Crippen LogP contribution in [-0.2, 0) is 0 Å². The first-order valence-electron chi connectivity index (χ1n) is 7.34. The Balaban J connectivity index is 0.00000264. The Kier molecular flexibility index (Phi) is 6.72. The Morgan fingerprint density at radius 1 is 1.30 bits per heavy atom. The van der Waals surface area contributed by atoms with Crippen molar-refractivity contribution in [2.24, 2.45) is 0 Å². The first kappa shape index (κ1) is 19.1. The smallest absolute Gasteiger partial charge is 0.271 e. The molecule has 1 aromatic heterocycles. The molecule has 0 aliphatic heterocycles. The fraction of sp³-hybridized carbons (Fsp3) is 0.438. The number of pyridine rings is 1. The van der Waals surface area contributed by atoms with Gasteiger partial charge in [0.15, 0.2) is 0 Å². The summed E-state index contributed by atoms with van der Waals surface area (Å²) in [6.07, 6.45) is 1.03. The Morgan fingerprint density at radius 2 is 2.00 bits per heavy atom. The molecule has 0 aliphatic carbocycles. The summed E-state index contributed by atoms with van der Waals surface area (Å²) < 4.78 is 0. The van der Waals surface area contributed by atoms with Crippen LogP contribution in [-0.4, -0.2) is 42.0 Å². The highest BCUT2D eigenvalue weighted by molar-refractivity contribution is 5.94. The first-order valence-corrected chi connectivity index (χ1v) is 7.34. The molecule has 1 heterocycles. The number of nitro groups is 1. The van der Waals surface area contributed by atoms with E-state index in [1.54, 1.807) is 6.07 Å². The molecule has 0 bridgehead atoms. The highest BCUT2D eigenvalue weighted by Gasteiger charge is 2.13. The lowest BCUT2D eigenvalue weighted by molar-refractivity contribution is -0.384. The molecule has 0 fully saturated rings. The maximum absolute atomic E-state index is 10.9. The molecule has 1 aromatic carbocycles. The van der Waals surface area contributed by atoms with Gasteiger partial charge in [0.2, 0.25) is 0 Å². The summed E-state index contributed by atoms with van der Waals surface area (Å²) in [5.41, 5.74) is 3.74. The molecular formula is C16H23ClN4O2. The molecule has 0 saturated carbocycles. The van der Waals surface area contributed by atoms with E-state index in [9.17, 15) is 10.1 Å². The molecule has 0 radical (unpaired) electrons. The van der Waals surface area contributed by atoms with Crippen LogP contribution < -0.4 is 5.32 Å². The molecule has 0 unspecified atom stereocenters. The van der Waals surface area contributed by atoms with Gasteiger partial charge in [0.05, 0.1) is 10.4 Å². The van der Waals surface area contributed by atoms with Crippen LogP contribution in [0.2, 0.25) is 0 Å². The number of hydrogen-bond donors (Lipinski definition) is 1. The lowest BCUT2D eigenvalue weighted by Crippen LogP contribution is -2.16. The van der Waals surface area contributed by atoms with Crippen molar-refractivity contribution in [2.45, 2.75) is 20.3 Å². The van der Waals surface area contributed by atoms with Crippen molar-refractivity contribution in [3.05, 3.63) is 39.6 Å². The topological polar surface area (TPSA) is 71.3 Å². The Hall–Kier alpha value is -1.92. The van der Waals surface area contributed by atoms with Crippen LogP contribution in [0.3, 0.4) is 0 Å². The number of nitrogens with zero attached hydrogens (tertiary/aromatic N) is 3. The number of nitro benzene ring substituents is 1. The molecule has 23 heavy (non-hydrogen) atoms. The Bertz CT molecular complexity index is 704. The van der Waals surface area contributed by atoms with Gasteiger partial charge < -0.3 is 10.2 Å². The molecule has 0 saturated heterocycles. The second kappa shape index (κ2) is 8.08. The number of nitrogens with one attached hydrogen (secondary N) is 1. The van der Waals surface area contributed by atoms with Crippen LogP contribution >= 0.6 is 12.4 Å². The summed E-state index contributed by atoms with van der Waals surface area (Å²) in [6, 6.07) is 4.84. The molecule has 0 aliphatic rings. The maximum atomic E-state index is 10.9. The summed E-state index contributed by atoms with van der Waals surface area (Å²) in [6.45, 7) is 5.82. The summed E-state index contributed by atoms with van der Waals surface area (Å²) in [5.74, 6) is 0. The van der Waals surface area contributed by atoms with Gasteiger partial charge in [-0.15, -0.1) is 12.4 Å². The number of benzene rings is 1. The monoisotopic (exact) mass is 338 g/mol. The van der Waals surface area contributed by atoms with Crippen LogP contribution in [0.25, 0.3) is 10.9 Å². The quantitative estimate of drug-likeness (QED) is 0.495. The first-order chi connectivity index (χ1) is 10.4. The molecule has 126 valence electrons. The minimum atomic E-state index is -0.388. The van der Waals surface area contributed by atoms with Crippen LogP contribution in [0.15, 0.2) is 18.2 Å². The Morgan fingerprint density at radius 3 is 2.61 bits per heavy atom. The zero-order valence-electron chi connectivity index (χ0n) is 13.9. The molecule has 0 atom stereocenters. The third kappa shape index (κ3) is 4.53. The third-order valence-corrected chi connectivity index (χ3v) is 3.75. The molecule has 1 N–H and O–H groups in total. The number of non-ortho nitro benzene ring substituents is 1. The zero-order valence-corrected chi connectivity index (χ0v) is 14.7. The van der Waals surface area contributed by atoms with E-state index >= 15 is 0 Å². The average Bonchev–Trinajstić information content (AvgIpc) is 2.46. The number of aromatic nitrogens is 1. The van der Waals surface area contributed by atoms with Crippen LogP contribution in [0, 0.1) is 24.0 Å². The van der Waals surface area contributed by atoms with E-state index in [0.29, 0.717) is 5.52 Å². The summed E-state index contributed by atoms with van der Waals surface area (Å²) in [7, 11) is 4.10. The largest absolute Gasteiger partial charge is 0.384 e. The fourth-order valence-electron chi connectivity index (χ4n) is 2.42. The van der Waals surface area contributed by atoms with E-state index in [-0.39, 0.29) is 23.0 Å². The van der Waals surface area contributed by atoms with Gasteiger partial charge in [-0.05, 0) is 52.5 Å².